The third-order valence-electron chi connectivity index (χ3n) is 5.25. The molecular weight excluding hydrogens is 409 g/mol. The van der Waals surface area contributed by atoms with E-state index in [1.165, 1.54) is 6.07 Å². The molecule has 2 heterocycles. The molecule has 1 aromatic carbocycles. The number of hydrogen-bond acceptors (Lipinski definition) is 4. The van der Waals surface area contributed by atoms with Crippen LogP contribution in [0.1, 0.15) is 24.1 Å². The van der Waals surface area contributed by atoms with Crippen molar-refractivity contribution in [1.29, 1.82) is 0 Å². The smallest absolute Gasteiger partial charge is 0.318 e. The summed E-state index contributed by atoms with van der Waals surface area (Å²) in [6.07, 6.45) is 0.320. The van der Waals surface area contributed by atoms with Crippen molar-refractivity contribution >= 4 is 6.03 Å². The van der Waals surface area contributed by atoms with Gasteiger partial charge in [-0.3, -0.25) is 4.98 Å². The first-order valence-electron chi connectivity index (χ1n) is 10.2. The molecule has 3 rings (SSSR count). The van der Waals surface area contributed by atoms with Crippen LogP contribution in [0.25, 0.3) is 0 Å². The van der Waals surface area contributed by atoms with Crippen LogP contribution >= 0.6 is 0 Å². The quantitative estimate of drug-likeness (QED) is 0.686. The zero-order valence-electron chi connectivity index (χ0n) is 17.4. The maximum atomic E-state index is 13.2. The lowest BCUT2D eigenvalue weighted by atomic mass is 10.0. The first kappa shape index (κ1) is 22.9. The Morgan fingerprint density at radius 2 is 1.94 bits per heavy atom. The summed E-state index contributed by atoms with van der Waals surface area (Å²) in [6, 6.07) is 9.41. The summed E-state index contributed by atoms with van der Waals surface area (Å²) in [5, 5.41) is 2.92. The first-order valence-corrected chi connectivity index (χ1v) is 10.2. The van der Waals surface area contributed by atoms with Crippen LogP contribution in [0.3, 0.4) is 0 Å². The fourth-order valence-corrected chi connectivity index (χ4v) is 3.49. The van der Waals surface area contributed by atoms with Crippen molar-refractivity contribution in [3.8, 4) is 5.75 Å². The lowest BCUT2D eigenvalue weighted by Crippen LogP contribution is -2.49. The number of nitrogens with one attached hydrogen (secondary N) is 1. The predicted molar refractivity (Wildman–Crippen MR) is 110 cm³/mol. The molecule has 31 heavy (non-hydrogen) atoms. The molecule has 1 aliphatic heterocycles. The number of hydrogen-bond donors (Lipinski definition) is 1. The van der Waals surface area contributed by atoms with Crippen LogP contribution in [-0.2, 0) is 13.1 Å². The SMILES string of the molecule is CN1CCC(N(Cc2ccc(F)cn2)C(=O)NCc2ccc(OCC(F)F)cc2)CC1. The number of benzene rings is 1. The highest BCUT2D eigenvalue weighted by atomic mass is 19.3. The summed E-state index contributed by atoms with van der Waals surface area (Å²) in [5.74, 6) is -0.0641. The van der Waals surface area contributed by atoms with Gasteiger partial charge in [0.05, 0.1) is 18.4 Å². The van der Waals surface area contributed by atoms with E-state index in [9.17, 15) is 18.0 Å². The molecule has 1 N–H and O–H groups in total. The largest absolute Gasteiger partial charge is 0.488 e. The monoisotopic (exact) mass is 436 g/mol. The van der Waals surface area contributed by atoms with E-state index in [2.05, 4.69) is 22.2 Å². The van der Waals surface area contributed by atoms with Gasteiger partial charge < -0.3 is 19.9 Å². The van der Waals surface area contributed by atoms with Crippen molar-refractivity contribution in [2.45, 2.75) is 38.4 Å². The highest BCUT2D eigenvalue weighted by Gasteiger charge is 2.27. The summed E-state index contributed by atoms with van der Waals surface area (Å²) < 4.78 is 42.6. The van der Waals surface area contributed by atoms with Gasteiger partial charge in [0.25, 0.3) is 6.43 Å². The van der Waals surface area contributed by atoms with Crippen molar-refractivity contribution in [2.75, 3.05) is 26.7 Å². The topological polar surface area (TPSA) is 57.7 Å². The lowest BCUT2D eigenvalue weighted by molar-refractivity contribution is 0.0819. The average molecular weight is 436 g/mol. The number of urea groups is 1. The molecule has 2 amide bonds. The summed E-state index contributed by atoms with van der Waals surface area (Å²) >= 11 is 0. The maximum Gasteiger partial charge on any atom is 0.318 e. The number of likely N-dealkylation sites (tertiary alicyclic amines) is 1. The van der Waals surface area contributed by atoms with Gasteiger partial charge in [0, 0.05) is 12.6 Å². The van der Waals surface area contributed by atoms with Crippen molar-refractivity contribution in [3.63, 3.8) is 0 Å². The third-order valence-corrected chi connectivity index (χ3v) is 5.25. The van der Waals surface area contributed by atoms with Crippen molar-refractivity contribution in [3.05, 3.63) is 59.7 Å². The van der Waals surface area contributed by atoms with E-state index in [1.807, 2.05) is 0 Å². The molecule has 0 spiro atoms. The number of halogens is 3. The zero-order valence-corrected chi connectivity index (χ0v) is 17.4. The van der Waals surface area contributed by atoms with Gasteiger partial charge in [0.1, 0.15) is 18.2 Å². The van der Waals surface area contributed by atoms with Crippen LogP contribution in [0.4, 0.5) is 18.0 Å². The summed E-state index contributed by atoms with van der Waals surface area (Å²) in [5.41, 5.74) is 1.44. The van der Waals surface area contributed by atoms with Gasteiger partial charge in [0.2, 0.25) is 0 Å². The van der Waals surface area contributed by atoms with Gasteiger partial charge in [-0.05, 0) is 62.8 Å². The number of piperidine rings is 1. The minimum Gasteiger partial charge on any atom is -0.488 e. The van der Waals surface area contributed by atoms with Crippen LogP contribution in [0.15, 0.2) is 42.6 Å². The Morgan fingerprint density at radius 3 is 2.55 bits per heavy atom. The van der Waals surface area contributed by atoms with E-state index in [0.717, 1.165) is 37.7 Å². The molecule has 1 fully saturated rings. The maximum absolute atomic E-state index is 13.2. The lowest BCUT2D eigenvalue weighted by Gasteiger charge is -2.37. The fourth-order valence-electron chi connectivity index (χ4n) is 3.49. The van der Waals surface area contributed by atoms with E-state index in [1.54, 1.807) is 35.2 Å². The minimum absolute atomic E-state index is 0.0631. The summed E-state index contributed by atoms with van der Waals surface area (Å²) in [4.78, 5) is 21.1. The number of rotatable bonds is 8. The fraction of sp³-hybridized carbons (Fsp3) is 0.455. The number of carbonyl (C=O) groups excluding carboxylic acids is 1. The minimum atomic E-state index is -2.53. The molecule has 0 saturated carbocycles. The third kappa shape index (κ3) is 7.13. The standard InChI is InChI=1S/C22H27F3N4O2/c1-28-10-8-19(9-11-28)29(14-18-5-4-17(23)13-26-18)22(30)27-12-16-2-6-20(7-3-16)31-15-21(24)25/h2-7,13,19,21H,8-12,14-15H2,1H3,(H,27,30). The van der Waals surface area contributed by atoms with E-state index >= 15 is 0 Å². The van der Waals surface area contributed by atoms with E-state index < -0.39 is 18.8 Å². The summed E-state index contributed by atoms with van der Waals surface area (Å²) in [6.45, 7) is 1.71. The van der Waals surface area contributed by atoms with Crippen LogP contribution in [0, 0.1) is 5.82 Å². The number of aromatic nitrogens is 1. The molecule has 0 aliphatic carbocycles. The Balaban J connectivity index is 1.61. The van der Waals surface area contributed by atoms with Gasteiger partial charge in [-0.25, -0.2) is 18.0 Å². The molecule has 0 atom stereocenters. The molecule has 0 bridgehead atoms. The molecule has 1 aliphatic rings. The van der Waals surface area contributed by atoms with Gasteiger partial charge in [0.15, 0.2) is 0 Å². The Hall–Kier alpha value is -2.81. The highest BCUT2D eigenvalue weighted by Crippen LogP contribution is 2.19. The molecule has 0 radical (unpaired) electrons. The molecule has 9 heteroatoms. The molecule has 168 valence electrons. The van der Waals surface area contributed by atoms with E-state index in [0.29, 0.717) is 18.0 Å². The number of ether oxygens (including phenoxy) is 1. The second kappa shape index (κ2) is 11.0. The van der Waals surface area contributed by atoms with Gasteiger partial charge in [-0.1, -0.05) is 12.1 Å². The Bertz CT molecular complexity index is 826. The van der Waals surface area contributed by atoms with E-state index in [-0.39, 0.29) is 18.6 Å². The molecule has 0 unspecified atom stereocenters. The normalized spacial score (nSPS) is 15.1. The number of carbonyl (C=O) groups is 1. The van der Waals surface area contributed by atoms with Crippen molar-refractivity contribution < 1.29 is 22.7 Å². The first-order chi connectivity index (χ1) is 14.9. The molecule has 2 aromatic rings. The van der Waals surface area contributed by atoms with Crippen LogP contribution in [-0.4, -0.2) is 60.0 Å². The second-order valence-corrected chi connectivity index (χ2v) is 7.63. The number of nitrogens with zero attached hydrogens (tertiary/aromatic N) is 3. The Kier molecular flexibility index (Phi) is 8.11. The molecule has 6 nitrogen and oxygen atoms in total. The van der Waals surface area contributed by atoms with Crippen molar-refractivity contribution in [1.82, 2.24) is 20.1 Å². The number of amides is 2. The highest BCUT2D eigenvalue weighted by molar-refractivity contribution is 5.74. The van der Waals surface area contributed by atoms with Crippen molar-refractivity contribution in [2.24, 2.45) is 0 Å². The number of alkyl halides is 2. The van der Waals surface area contributed by atoms with E-state index in [4.69, 9.17) is 4.74 Å². The number of pyridine rings is 1. The van der Waals surface area contributed by atoms with Gasteiger partial charge >= 0.3 is 6.03 Å². The Morgan fingerprint density at radius 1 is 1.23 bits per heavy atom. The molecule has 1 aromatic heterocycles. The predicted octanol–water partition coefficient (Wildman–Crippen LogP) is 3.67. The van der Waals surface area contributed by atoms with Crippen LogP contribution in [0.2, 0.25) is 0 Å². The average Bonchev–Trinajstić information content (AvgIpc) is 2.77. The van der Waals surface area contributed by atoms with Crippen LogP contribution in [0.5, 0.6) is 5.75 Å². The second-order valence-electron chi connectivity index (χ2n) is 7.63. The molecular formula is C22H27F3N4O2. The summed E-state index contributed by atoms with van der Waals surface area (Å²) in [7, 11) is 2.05. The van der Waals surface area contributed by atoms with Gasteiger partial charge in [-0.15, -0.1) is 0 Å². The van der Waals surface area contributed by atoms with Crippen LogP contribution < -0.4 is 10.1 Å². The zero-order chi connectivity index (χ0) is 22.2. The molecule has 1 saturated heterocycles. The van der Waals surface area contributed by atoms with Gasteiger partial charge in [-0.2, -0.15) is 0 Å². The Labute approximate surface area is 180 Å².